The zero-order valence-corrected chi connectivity index (χ0v) is 25.2. The molecule has 0 aromatic rings. The number of nitrogens with two attached hydrogens (primary N) is 1. The predicted molar refractivity (Wildman–Crippen MR) is 157 cm³/mol. The van der Waals surface area contributed by atoms with Crippen LogP contribution in [0.15, 0.2) is 0 Å². The van der Waals surface area contributed by atoms with Gasteiger partial charge in [-0.3, -0.25) is 0 Å². The summed E-state index contributed by atoms with van der Waals surface area (Å²) in [5.41, 5.74) is 6.48. The van der Waals surface area contributed by atoms with E-state index in [-0.39, 0.29) is 6.10 Å². The van der Waals surface area contributed by atoms with Gasteiger partial charge in [-0.05, 0) is 143 Å². The molecule has 0 heterocycles. The Morgan fingerprint density at radius 1 is 0.838 bits per heavy atom. The average molecular weight is 518 g/mol. The minimum absolute atomic E-state index is 0.0757. The Bertz CT molecular complexity index is 699. The Morgan fingerprint density at radius 3 is 2.32 bits per heavy atom. The van der Waals surface area contributed by atoms with E-state index in [0.29, 0.717) is 28.7 Å². The van der Waals surface area contributed by atoms with Gasteiger partial charge >= 0.3 is 0 Å². The zero-order chi connectivity index (χ0) is 26.6. The molecule has 4 saturated carbocycles. The topological polar surface area (TPSA) is 70.3 Å². The Kier molecular flexibility index (Phi) is 10.5. The van der Waals surface area contributed by atoms with Gasteiger partial charge in [-0.25, -0.2) is 0 Å². The zero-order valence-electron chi connectivity index (χ0n) is 25.2. The van der Waals surface area contributed by atoms with Crippen molar-refractivity contribution in [2.45, 2.75) is 130 Å². The van der Waals surface area contributed by atoms with Crippen LogP contribution >= 0.6 is 0 Å². The van der Waals surface area contributed by atoms with Crippen LogP contribution in [-0.2, 0) is 0 Å². The lowest BCUT2D eigenvalue weighted by Crippen LogP contribution is -2.59. The fraction of sp³-hybridized carbons (Fsp3) is 1.00. The van der Waals surface area contributed by atoms with Crippen LogP contribution in [0.4, 0.5) is 0 Å². The minimum Gasteiger partial charge on any atom is -0.393 e. The number of fused-ring (bicyclic) bond motifs is 5. The molecule has 10 atom stereocenters. The maximum atomic E-state index is 11.7. The van der Waals surface area contributed by atoms with Crippen molar-refractivity contribution < 1.29 is 5.11 Å². The summed E-state index contributed by atoms with van der Waals surface area (Å²) in [6.45, 7) is 16.6. The summed E-state index contributed by atoms with van der Waals surface area (Å²) in [5.74, 6) is 5.27. The number of aliphatic hydroxyl groups is 1. The molecule has 216 valence electrons. The summed E-state index contributed by atoms with van der Waals surface area (Å²) >= 11 is 0. The highest BCUT2D eigenvalue weighted by Gasteiger charge is 2.62. The summed E-state index contributed by atoms with van der Waals surface area (Å²) in [6, 6.07) is 0.641. The molecule has 37 heavy (non-hydrogen) atoms. The van der Waals surface area contributed by atoms with E-state index in [1.165, 1.54) is 70.6 Å². The van der Waals surface area contributed by atoms with Gasteiger partial charge in [-0.15, -0.1) is 0 Å². The van der Waals surface area contributed by atoms with Gasteiger partial charge in [0.15, 0.2) is 0 Å². The first-order valence-corrected chi connectivity index (χ1v) is 16.5. The van der Waals surface area contributed by atoms with Crippen molar-refractivity contribution >= 4 is 0 Å². The first-order chi connectivity index (χ1) is 17.7. The number of hydrogen-bond acceptors (Lipinski definition) is 4. The number of aliphatic hydroxyl groups excluding tert-OH is 1. The molecule has 0 bridgehead atoms. The van der Waals surface area contributed by atoms with E-state index in [4.69, 9.17) is 5.73 Å². The first kappa shape index (κ1) is 29.8. The van der Waals surface area contributed by atoms with Crippen molar-refractivity contribution in [3.05, 3.63) is 0 Å². The van der Waals surface area contributed by atoms with Gasteiger partial charge in [0.25, 0.3) is 0 Å². The Hall–Kier alpha value is -0.160. The van der Waals surface area contributed by atoms with Crippen LogP contribution in [-0.4, -0.2) is 43.4 Å². The fourth-order valence-electron chi connectivity index (χ4n) is 10.3. The van der Waals surface area contributed by atoms with E-state index in [2.05, 4.69) is 45.3 Å². The second kappa shape index (κ2) is 13.0. The van der Waals surface area contributed by atoms with Gasteiger partial charge in [0.05, 0.1) is 6.10 Å². The summed E-state index contributed by atoms with van der Waals surface area (Å²) in [4.78, 5) is 0. The van der Waals surface area contributed by atoms with Crippen LogP contribution in [0.25, 0.3) is 0 Å². The van der Waals surface area contributed by atoms with Crippen LogP contribution in [0.2, 0.25) is 0 Å². The number of rotatable bonds is 13. The quantitative estimate of drug-likeness (QED) is 0.214. The SMILES string of the molecule is CC(C)CCC[C@@H](C)C1CCC2C3C(CC[C@@]21C)[C@@]1(C)CC[C@H](NCCCNCCCN)C[C@@H]1C[C@@H]3O. The van der Waals surface area contributed by atoms with Gasteiger partial charge in [-0.1, -0.05) is 53.9 Å². The normalized spacial score (nSPS) is 42.3. The standard InChI is InChI=1S/C33H63N3O/c1-23(2)9-6-10-24(3)27-11-12-28-31-29(14-16-33(27,28)5)32(4)15-13-26(21-25(32)22-30(31)37)36-20-8-19-35-18-7-17-34/h23-31,35-37H,6-22,34H2,1-5H3/t24-,25-,26+,27?,28?,29?,30+,31?,32+,33-/m1/s1. The van der Waals surface area contributed by atoms with E-state index in [9.17, 15) is 5.11 Å². The molecule has 0 saturated heterocycles. The second-order valence-electron chi connectivity index (χ2n) is 15.0. The molecular formula is C33H63N3O. The van der Waals surface area contributed by atoms with Crippen molar-refractivity contribution in [3.8, 4) is 0 Å². The van der Waals surface area contributed by atoms with Crippen LogP contribution in [0.3, 0.4) is 0 Å². The molecule has 4 rings (SSSR count). The third-order valence-electron chi connectivity index (χ3n) is 12.4. The van der Waals surface area contributed by atoms with Gasteiger partial charge in [-0.2, -0.15) is 0 Å². The Labute approximate surface area is 230 Å². The summed E-state index contributed by atoms with van der Waals surface area (Å²) in [7, 11) is 0. The fourth-order valence-corrected chi connectivity index (χ4v) is 10.3. The van der Waals surface area contributed by atoms with Gasteiger partial charge in [0, 0.05) is 6.04 Å². The van der Waals surface area contributed by atoms with Gasteiger partial charge in [0.1, 0.15) is 0 Å². The molecule has 0 amide bonds. The van der Waals surface area contributed by atoms with Gasteiger partial charge in [0.2, 0.25) is 0 Å². The molecule has 5 N–H and O–H groups in total. The monoisotopic (exact) mass is 517 g/mol. The molecule has 0 radical (unpaired) electrons. The van der Waals surface area contributed by atoms with Crippen molar-refractivity contribution in [1.82, 2.24) is 10.6 Å². The maximum Gasteiger partial charge on any atom is 0.0577 e. The largest absolute Gasteiger partial charge is 0.393 e. The molecule has 0 aliphatic heterocycles. The van der Waals surface area contributed by atoms with Crippen molar-refractivity contribution in [2.75, 3.05) is 26.2 Å². The highest BCUT2D eigenvalue weighted by Crippen LogP contribution is 2.68. The smallest absolute Gasteiger partial charge is 0.0577 e. The molecule has 0 aromatic heterocycles. The molecular weight excluding hydrogens is 454 g/mol. The van der Waals surface area contributed by atoms with Crippen LogP contribution in [0, 0.1) is 52.3 Å². The van der Waals surface area contributed by atoms with Crippen LogP contribution in [0.5, 0.6) is 0 Å². The first-order valence-electron chi connectivity index (χ1n) is 16.5. The lowest BCUT2D eigenvalue weighted by Gasteiger charge is -2.62. The van der Waals surface area contributed by atoms with E-state index in [1.807, 2.05) is 0 Å². The third-order valence-corrected chi connectivity index (χ3v) is 12.4. The van der Waals surface area contributed by atoms with Crippen molar-refractivity contribution in [1.29, 1.82) is 0 Å². The van der Waals surface area contributed by atoms with E-state index in [0.717, 1.165) is 68.6 Å². The molecule has 4 unspecified atom stereocenters. The highest BCUT2D eigenvalue weighted by molar-refractivity contribution is 5.12. The second-order valence-corrected chi connectivity index (χ2v) is 15.0. The lowest BCUT2D eigenvalue weighted by molar-refractivity contribution is -0.167. The summed E-state index contributed by atoms with van der Waals surface area (Å²) < 4.78 is 0. The van der Waals surface area contributed by atoms with E-state index >= 15 is 0 Å². The third kappa shape index (κ3) is 6.44. The number of nitrogens with one attached hydrogen (secondary N) is 2. The van der Waals surface area contributed by atoms with E-state index < -0.39 is 0 Å². The highest BCUT2D eigenvalue weighted by atomic mass is 16.3. The molecule has 4 heteroatoms. The molecule has 4 aliphatic carbocycles. The minimum atomic E-state index is -0.0757. The molecule has 4 fully saturated rings. The summed E-state index contributed by atoms with van der Waals surface area (Å²) in [6.07, 6.45) is 16.9. The van der Waals surface area contributed by atoms with Crippen LogP contribution < -0.4 is 16.4 Å². The van der Waals surface area contributed by atoms with Crippen molar-refractivity contribution in [2.24, 2.45) is 58.0 Å². The molecule has 4 nitrogen and oxygen atoms in total. The van der Waals surface area contributed by atoms with Crippen LogP contribution in [0.1, 0.15) is 118 Å². The molecule has 4 aliphatic rings. The predicted octanol–water partition coefficient (Wildman–Crippen LogP) is 6.37. The van der Waals surface area contributed by atoms with Crippen molar-refractivity contribution in [3.63, 3.8) is 0 Å². The molecule has 0 spiro atoms. The maximum absolute atomic E-state index is 11.7. The average Bonchev–Trinajstić information content (AvgIpc) is 3.21. The lowest BCUT2D eigenvalue weighted by atomic mass is 9.43. The van der Waals surface area contributed by atoms with E-state index in [1.54, 1.807) is 0 Å². The summed E-state index contributed by atoms with van der Waals surface area (Å²) in [5, 5.41) is 19.1. The Morgan fingerprint density at radius 2 is 1.57 bits per heavy atom. The number of hydrogen-bond donors (Lipinski definition) is 4. The molecule has 0 aromatic carbocycles. The Balaban J connectivity index is 1.33. The van der Waals surface area contributed by atoms with Gasteiger partial charge < -0.3 is 21.5 Å².